The predicted octanol–water partition coefficient (Wildman–Crippen LogP) is 4.57. The SMILES string of the molecule is CC(C)CC(c1cccc(O)c1)C(C)(C)C. The lowest BCUT2D eigenvalue weighted by Crippen LogP contribution is -2.20. The molecule has 0 aromatic heterocycles. The number of benzene rings is 1. The van der Waals surface area contributed by atoms with Crippen LogP contribution >= 0.6 is 0 Å². The number of phenols is 1. The van der Waals surface area contributed by atoms with Crippen LogP contribution in [0.25, 0.3) is 0 Å². The molecule has 0 spiro atoms. The van der Waals surface area contributed by atoms with Crippen molar-refractivity contribution < 1.29 is 5.11 Å². The zero-order chi connectivity index (χ0) is 12.3. The molecule has 0 aliphatic rings. The Morgan fingerprint density at radius 3 is 2.25 bits per heavy atom. The van der Waals surface area contributed by atoms with Crippen LogP contribution in [0.5, 0.6) is 5.75 Å². The van der Waals surface area contributed by atoms with Crippen LogP contribution in [-0.4, -0.2) is 5.11 Å². The summed E-state index contributed by atoms with van der Waals surface area (Å²) in [6.07, 6.45) is 1.16. The molecule has 0 heterocycles. The van der Waals surface area contributed by atoms with Gasteiger partial charge in [-0.25, -0.2) is 0 Å². The van der Waals surface area contributed by atoms with Crippen LogP contribution in [-0.2, 0) is 0 Å². The highest BCUT2D eigenvalue weighted by atomic mass is 16.3. The van der Waals surface area contributed by atoms with Gasteiger partial charge in [0.05, 0.1) is 0 Å². The highest BCUT2D eigenvalue weighted by Gasteiger charge is 2.26. The summed E-state index contributed by atoms with van der Waals surface area (Å²) < 4.78 is 0. The molecule has 0 fully saturated rings. The molecule has 0 amide bonds. The van der Waals surface area contributed by atoms with Gasteiger partial charge in [-0.15, -0.1) is 0 Å². The van der Waals surface area contributed by atoms with Crippen LogP contribution in [0.15, 0.2) is 24.3 Å². The fourth-order valence-electron chi connectivity index (χ4n) is 2.20. The lowest BCUT2D eigenvalue weighted by atomic mass is 9.72. The minimum absolute atomic E-state index is 0.234. The van der Waals surface area contributed by atoms with E-state index in [-0.39, 0.29) is 5.41 Å². The maximum Gasteiger partial charge on any atom is 0.115 e. The minimum Gasteiger partial charge on any atom is -0.508 e. The van der Waals surface area contributed by atoms with E-state index in [9.17, 15) is 5.11 Å². The first-order valence-corrected chi connectivity index (χ1v) is 6.09. The fraction of sp³-hybridized carbons (Fsp3) is 0.600. The van der Waals surface area contributed by atoms with Crippen molar-refractivity contribution in [3.8, 4) is 5.75 Å². The standard InChI is InChI=1S/C15H24O/c1-11(2)9-14(15(3,4)5)12-7-6-8-13(16)10-12/h6-8,10-11,14,16H,9H2,1-5H3. The summed E-state index contributed by atoms with van der Waals surface area (Å²) in [6.45, 7) is 11.3. The van der Waals surface area contributed by atoms with Gasteiger partial charge in [-0.2, -0.15) is 0 Å². The van der Waals surface area contributed by atoms with E-state index in [1.165, 1.54) is 5.56 Å². The smallest absolute Gasteiger partial charge is 0.115 e. The Morgan fingerprint density at radius 1 is 1.19 bits per heavy atom. The number of phenolic OH excluding ortho intramolecular Hbond substituents is 1. The average molecular weight is 220 g/mol. The highest BCUT2D eigenvalue weighted by Crippen LogP contribution is 2.40. The van der Waals surface area contributed by atoms with E-state index in [1.807, 2.05) is 12.1 Å². The molecule has 90 valence electrons. The third-order valence-corrected chi connectivity index (χ3v) is 3.03. The summed E-state index contributed by atoms with van der Waals surface area (Å²) in [5.74, 6) is 1.54. The second-order valence-corrected chi connectivity index (χ2v) is 6.14. The maximum absolute atomic E-state index is 9.56. The Labute approximate surface area is 99.5 Å². The molecule has 1 N–H and O–H groups in total. The Hall–Kier alpha value is -0.980. The third-order valence-electron chi connectivity index (χ3n) is 3.03. The molecule has 16 heavy (non-hydrogen) atoms. The molecule has 0 aliphatic heterocycles. The molecule has 1 nitrogen and oxygen atoms in total. The maximum atomic E-state index is 9.56. The number of rotatable bonds is 3. The summed E-state index contributed by atoms with van der Waals surface area (Å²) >= 11 is 0. The third kappa shape index (κ3) is 3.55. The van der Waals surface area contributed by atoms with E-state index >= 15 is 0 Å². The van der Waals surface area contributed by atoms with Crippen LogP contribution in [0, 0.1) is 11.3 Å². The molecular formula is C15H24O. The second-order valence-electron chi connectivity index (χ2n) is 6.14. The monoisotopic (exact) mass is 220 g/mol. The normalized spacial score (nSPS) is 14.1. The topological polar surface area (TPSA) is 20.2 Å². The summed E-state index contributed by atoms with van der Waals surface area (Å²) in [7, 11) is 0. The van der Waals surface area contributed by atoms with Gasteiger partial charge in [-0.1, -0.05) is 46.8 Å². The molecule has 1 rings (SSSR count). The van der Waals surface area contributed by atoms with Gasteiger partial charge in [-0.3, -0.25) is 0 Å². The first-order chi connectivity index (χ1) is 7.30. The predicted molar refractivity (Wildman–Crippen MR) is 69.8 cm³/mol. The van der Waals surface area contributed by atoms with Crippen molar-refractivity contribution in [3.05, 3.63) is 29.8 Å². The molecule has 0 saturated heterocycles. The van der Waals surface area contributed by atoms with E-state index in [2.05, 4.69) is 40.7 Å². The van der Waals surface area contributed by atoms with Crippen molar-refractivity contribution in [1.82, 2.24) is 0 Å². The van der Waals surface area contributed by atoms with Gasteiger partial charge >= 0.3 is 0 Å². The Balaban J connectivity index is 3.01. The van der Waals surface area contributed by atoms with Gasteiger partial charge in [0.15, 0.2) is 0 Å². The van der Waals surface area contributed by atoms with Crippen molar-refractivity contribution >= 4 is 0 Å². The fourth-order valence-corrected chi connectivity index (χ4v) is 2.20. The quantitative estimate of drug-likeness (QED) is 0.791. The second kappa shape index (κ2) is 4.90. The Morgan fingerprint density at radius 2 is 1.81 bits per heavy atom. The van der Waals surface area contributed by atoms with Gasteiger partial charge in [-0.05, 0) is 41.4 Å². The van der Waals surface area contributed by atoms with Gasteiger partial charge < -0.3 is 5.11 Å². The lowest BCUT2D eigenvalue weighted by molar-refractivity contribution is 0.279. The summed E-state index contributed by atoms with van der Waals surface area (Å²) in [4.78, 5) is 0. The van der Waals surface area contributed by atoms with Gasteiger partial charge in [0.2, 0.25) is 0 Å². The Kier molecular flexibility index (Phi) is 4.01. The minimum atomic E-state index is 0.234. The van der Waals surface area contributed by atoms with Crippen molar-refractivity contribution in [2.75, 3.05) is 0 Å². The number of hydrogen-bond acceptors (Lipinski definition) is 1. The van der Waals surface area contributed by atoms with E-state index in [1.54, 1.807) is 6.07 Å². The van der Waals surface area contributed by atoms with Crippen LogP contribution in [0.2, 0.25) is 0 Å². The molecule has 1 atom stereocenters. The van der Waals surface area contributed by atoms with Crippen molar-refractivity contribution in [2.45, 2.75) is 47.0 Å². The van der Waals surface area contributed by atoms with Crippen LogP contribution in [0.1, 0.15) is 52.5 Å². The van der Waals surface area contributed by atoms with E-state index in [0.717, 1.165) is 6.42 Å². The van der Waals surface area contributed by atoms with Crippen molar-refractivity contribution in [1.29, 1.82) is 0 Å². The van der Waals surface area contributed by atoms with Gasteiger partial charge in [0.25, 0.3) is 0 Å². The highest BCUT2D eigenvalue weighted by molar-refractivity contribution is 5.30. The van der Waals surface area contributed by atoms with E-state index in [4.69, 9.17) is 0 Å². The van der Waals surface area contributed by atoms with Crippen LogP contribution in [0.4, 0.5) is 0 Å². The molecule has 0 saturated carbocycles. The van der Waals surface area contributed by atoms with Crippen LogP contribution in [0.3, 0.4) is 0 Å². The van der Waals surface area contributed by atoms with E-state index in [0.29, 0.717) is 17.6 Å². The number of aromatic hydroxyl groups is 1. The summed E-state index contributed by atoms with van der Waals surface area (Å²) in [6, 6.07) is 7.69. The average Bonchev–Trinajstić information content (AvgIpc) is 2.12. The lowest BCUT2D eigenvalue weighted by Gasteiger charge is -2.32. The van der Waals surface area contributed by atoms with Crippen LogP contribution < -0.4 is 0 Å². The molecule has 1 unspecified atom stereocenters. The van der Waals surface area contributed by atoms with Crippen molar-refractivity contribution in [2.24, 2.45) is 11.3 Å². The largest absolute Gasteiger partial charge is 0.508 e. The van der Waals surface area contributed by atoms with Crippen molar-refractivity contribution in [3.63, 3.8) is 0 Å². The molecule has 1 heteroatoms. The molecule has 1 aromatic carbocycles. The molecular weight excluding hydrogens is 196 g/mol. The molecule has 0 bridgehead atoms. The molecule has 0 aliphatic carbocycles. The zero-order valence-electron chi connectivity index (χ0n) is 11.1. The summed E-state index contributed by atoms with van der Waals surface area (Å²) in [5, 5.41) is 9.56. The Bertz CT molecular complexity index is 334. The zero-order valence-corrected chi connectivity index (χ0v) is 11.1. The number of hydrogen-bond donors (Lipinski definition) is 1. The van der Waals surface area contributed by atoms with E-state index < -0.39 is 0 Å². The van der Waals surface area contributed by atoms with Gasteiger partial charge in [0, 0.05) is 0 Å². The first-order valence-electron chi connectivity index (χ1n) is 6.09. The summed E-state index contributed by atoms with van der Waals surface area (Å²) in [5.41, 5.74) is 1.49. The molecule has 0 radical (unpaired) electrons. The first kappa shape index (κ1) is 13.1. The molecule has 1 aromatic rings. The van der Waals surface area contributed by atoms with Gasteiger partial charge in [0.1, 0.15) is 5.75 Å².